The maximum absolute atomic E-state index is 13.3. The number of halogens is 1. The van der Waals surface area contributed by atoms with Crippen molar-refractivity contribution >= 4 is 11.6 Å². The number of nitrogens with one attached hydrogen (secondary N) is 1. The summed E-state index contributed by atoms with van der Waals surface area (Å²) in [5.41, 5.74) is 1.40. The van der Waals surface area contributed by atoms with Gasteiger partial charge in [0.05, 0.1) is 7.11 Å². The van der Waals surface area contributed by atoms with Crippen molar-refractivity contribution < 1.29 is 23.4 Å². The van der Waals surface area contributed by atoms with E-state index in [1.807, 2.05) is 25.1 Å². The number of rotatable bonds is 4. The van der Waals surface area contributed by atoms with E-state index in [4.69, 9.17) is 14.2 Å². The van der Waals surface area contributed by atoms with Crippen molar-refractivity contribution in [1.82, 2.24) is 0 Å². The van der Waals surface area contributed by atoms with Gasteiger partial charge in [-0.15, -0.1) is 0 Å². The predicted molar refractivity (Wildman–Crippen MR) is 98.4 cm³/mol. The lowest BCUT2D eigenvalue weighted by Crippen LogP contribution is -2.44. The molecule has 0 fully saturated rings. The van der Waals surface area contributed by atoms with Gasteiger partial charge in [0.2, 0.25) is 0 Å². The Bertz CT molecular complexity index is 926. The molecule has 2 atom stereocenters. The second-order valence-corrected chi connectivity index (χ2v) is 6.81. The van der Waals surface area contributed by atoms with Crippen LogP contribution in [0, 0.1) is 5.82 Å². The molecule has 0 saturated carbocycles. The van der Waals surface area contributed by atoms with Crippen molar-refractivity contribution in [2.75, 3.05) is 19.0 Å². The molecule has 1 N–H and O–H groups in total. The van der Waals surface area contributed by atoms with Crippen LogP contribution in [0.15, 0.2) is 54.1 Å². The maximum atomic E-state index is 13.3. The fraction of sp³-hybridized carbons (Fsp3) is 0.286. The van der Waals surface area contributed by atoms with Crippen molar-refractivity contribution in [2.24, 2.45) is 0 Å². The molecule has 5 nitrogen and oxygen atoms in total. The van der Waals surface area contributed by atoms with Crippen molar-refractivity contribution in [2.45, 2.75) is 25.0 Å². The molecule has 27 heavy (non-hydrogen) atoms. The summed E-state index contributed by atoms with van der Waals surface area (Å²) >= 11 is 0. The lowest BCUT2D eigenvalue weighted by molar-refractivity contribution is -0.151. The molecule has 2 aliphatic rings. The third kappa shape index (κ3) is 3.17. The van der Waals surface area contributed by atoms with Gasteiger partial charge >= 0.3 is 0 Å². The maximum Gasteiger partial charge on any atom is 0.261 e. The summed E-state index contributed by atoms with van der Waals surface area (Å²) in [4.78, 5) is 12.8. The third-order valence-electron chi connectivity index (χ3n) is 4.84. The Morgan fingerprint density at radius 3 is 2.89 bits per heavy atom. The smallest absolute Gasteiger partial charge is 0.261 e. The topological polar surface area (TPSA) is 56.8 Å². The zero-order valence-electron chi connectivity index (χ0n) is 15.1. The Hall–Kier alpha value is -2.86. The van der Waals surface area contributed by atoms with E-state index < -0.39 is 11.7 Å². The Kier molecular flexibility index (Phi) is 4.36. The predicted octanol–water partition coefficient (Wildman–Crippen LogP) is 3.80. The molecule has 2 aromatic carbocycles. The van der Waals surface area contributed by atoms with Crippen LogP contribution in [-0.2, 0) is 15.1 Å². The molecule has 0 aromatic heterocycles. The van der Waals surface area contributed by atoms with Gasteiger partial charge in [-0.3, -0.25) is 4.79 Å². The molecule has 4 rings (SSSR count). The summed E-state index contributed by atoms with van der Waals surface area (Å²) in [6.07, 6.45) is 1.95. The first-order valence-corrected chi connectivity index (χ1v) is 8.73. The minimum Gasteiger partial charge on any atom is -0.497 e. The first-order chi connectivity index (χ1) is 13.0. The highest BCUT2D eigenvalue weighted by molar-refractivity contribution is 6.05. The highest BCUT2D eigenvalue weighted by atomic mass is 19.1. The first-order valence-electron chi connectivity index (χ1n) is 8.73. The Morgan fingerprint density at radius 1 is 1.26 bits per heavy atom. The molecule has 0 bridgehead atoms. The van der Waals surface area contributed by atoms with E-state index in [0.717, 1.165) is 16.8 Å². The number of carbonyl (C=O) groups excluding carboxylic acids is 1. The molecule has 0 unspecified atom stereocenters. The molecule has 0 radical (unpaired) electrons. The molecule has 2 aliphatic heterocycles. The lowest BCUT2D eigenvalue weighted by Gasteiger charge is -2.35. The minimum absolute atomic E-state index is 0.176. The van der Waals surface area contributed by atoms with Gasteiger partial charge in [-0.05, 0) is 37.3 Å². The zero-order chi connectivity index (χ0) is 19.0. The summed E-state index contributed by atoms with van der Waals surface area (Å²) < 4.78 is 30.6. The molecule has 1 amide bonds. The molecule has 0 saturated heterocycles. The van der Waals surface area contributed by atoms with E-state index in [0.29, 0.717) is 17.9 Å². The van der Waals surface area contributed by atoms with Crippen LogP contribution in [0.2, 0.25) is 0 Å². The number of carbonyl (C=O) groups is 1. The zero-order valence-corrected chi connectivity index (χ0v) is 15.1. The Labute approximate surface area is 156 Å². The van der Waals surface area contributed by atoms with E-state index in [1.54, 1.807) is 25.3 Å². The summed E-state index contributed by atoms with van der Waals surface area (Å²) in [5.74, 6) is 0.514. The molecule has 1 spiro atoms. The second kappa shape index (κ2) is 6.70. The van der Waals surface area contributed by atoms with E-state index in [2.05, 4.69) is 5.32 Å². The second-order valence-electron chi connectivity index (χ2n) is 6.81. The van der Waals surface area contributed by atoms with Crippen LogP contribution < -0.4 is 14.8 Å². The molecule has 2 heterocycles. The van der Waals surface area contributed by atoms with Crippen LogP contribution >= 0.6 is 0 Å². The fourth-order valence-electron chi connectivity index (χ4n) is 3.65. The van der Waals surface area contributed by atoms with Crippen LogP contribution in [0.3, 0.4) is 0 Å². The van der Waals surface area contributed by atoms with Crippen molar-refractivity contribution in [1.29, 1.82) is 0 Å². The summed E-state index contributed by atoms with van der Waals surface area (Å²) in [7, 11) is 1.58. The van der Waals surface area contributed by atoms with Crippen LogP contribution in [0.25, 0.3) is 0 Å². The molecule has 2 aromatic rings. The van der Waals surface area contributed by atoms with Crippen LogP contribution in [0.5, 0.6) is 11.5 Å². The van der Waals surface area contributed by atoms with Crippen LogP contribution in [0.4, 0.5) is 10.1 Å². The van der Waals surface area contributed by atoms with Crippen LogP contribution in [-0.4, -0.2) is 25.7 Å². The average Bonchev–Trinajstić information content (AvgIpc) is 2.90. The van der Waals surface area contributed by atoms with Gasteiger partial charge in [0.25, 0.3) is 5.91 Å². The number of benzene rings is 2. The number of anilines is 1. The molecular formula is C21H20FNO4. The Morgan fingerprint density at radius 2 is 2.11 bits per heavy atom. The largest absolute Gasteiger partial charge is 0.497 e. The number of hydrogen-bond acceptors (Lipinski definition) is 4. The third-order valence-corrected chi connectivity index (χ3v) is 4.84. The van der Waals surface area contributed by atoms with Crippen molar-refractivity contribution in [3.8, 4) is 11.5 Å². The van der Waals surface area contributed by atoms with Gasteiger partial charge in [-0.2, -0.15) is 0 Å². The quantitative estimate of drug-likeness (QED) is 0.833. The van der Waals surface area contributed by atoms with Crippen molar-refractivity contribution in [3.05, 3.63) is 65.5 Å². The summed E-state index contributed by atoms with van der Waals surface area (Å²) in [6, 6.07) is 11.4. The average molecular weight is 369 g/mol. The summed E-state index contributed by atoms with van der Waals surface area (Å²) in [5, 5.41) is 2.89. The Balaban J connectivity index is 1.60. The van der Waals surface area contributed by atoms with Crippen LogP contribution in [0.1, 0.15) is 18.9 Å². The van der Waals surface area contributed by atoms with E-state index >= 15 is 0 Å². The van der Waals surface area contributed by atoms with Gasteiger partial charge < -0.3 is 19.5 Å². The van der Waals surface area contributed by atoms with E-state index in [9.17, 15) is 9.18 Å². The number of fused-ring (bicyclic) bond motifs is 2. The van der Waals surface area contributed by atoms with Gasteiger partial charge in [-0.1, -0.05) is 17.7 Å². The van der Waals surface area contributed by atoms with Gasteiger partial charge in [0.1, 0.15) is 30.0 Å². The SMILES string of the molecule is COc1ccc2c(c1)[C@]1(CC(C)=C[C@@H](COc3cccc(F)c3)O1)C(=O)N2. The molecule has 0 aliphatic carbocycles. The number of ether oxygens (including phenoxy) is 3. The molecular weight excluding hydrogens is 349 g/mol. The first kappa shape index (κ1) is 17.5. The number of methoxy groups -OCH3 is 1. The fourth-order valence-corrected chi connectivity index (χ4v) is 3.65. The normalized spacial score (nSPS) is 23.6. The highest BCUT2D eigenvalue weighted by Gasteiger charge is 2.51. The highest BCUT2D eigenvalue weighted by Crippen LogP contribution is 2.47. The van der Waals surface area contributed by atoms with E-state index in [1.165, 1.54) is 12.1 Å². The number of amides is 1. The number of hydrogen-bond donors (Lipinski definition) is 1. The van der Waals surface area contributed by atoms with Gasteiger partial charge in [-0.25, -0.2) is 4.39 Å². The molecule has 140 valence electrons. The molecule has 6 heteroatoms. The monoisotopic (exact) mass is 369 g/mol. The minimum atomic E-state index is -1.11. The van der Waals surface area contributed by atoms with Crippen molar-refractivity contribution in [3.63, 3.8) is 0 Å². The summed E-state index contributed by atoms with van der Waals surface area (Å²) in [6.45, 7) is 2.14. The van der Waals surface area contributed by atoms with Gasteiger partial charge in [0, 0.05) is 23.7 Å². The lowest BCUT2D eigenvalue weighted by atomic mass is 9.85. The van der Waals surface area contributed by atoms with E-state index in [-0.39, 0.29) is 18.3 Å². The van der Waals surface area contributed by atoms with Gasteiger partial charge in [0.15, 0.2) is 5.60 Å². The standard InChI is InChI=1S/C21H20FNO4/c1-13-8-17(12-26-16-5-3-4-14(22)9-16)27-21(11-13)18-10-15(25-2)6-7-19(18)23-20(21)24/h3-10,17H,11-12H2,1-2H3,(H,23,24)/t17-,21+/m0/s1.